The van der Waals surface area contributed by atoms with E-state index in [0.29, 0.717) is 22.9 Å². The number of hydrogen-bond acceptors (Lipinski definition) is 6. The zero-order valence-electron chi connectivity index (χ0n) is 12.7. The highest BCUT2D eigenvalue weighted by atomic mass is 32.1. The van der Waals surface area contributed by atoms with Gasteiger partial charge in [0.15, 0.2) is 0 Å². The van der Waals surface area contributed by atoms with Gasteiger partial charge in [0.2, 0.25) is 5.13 Å². The van der Waals surface area contributed by atoms with Crippen LogP contribution < -0.4 is 4.90 Å². The SMILES string of the molecule is CC(C)N(c1ccc(/N=N/c2nccs2)c(O)c1)C(C)C. The monoisotopic (exact) mass is 304 g/mol. The van der Waals surface area contributed by atoms with Gasteiger partial charge in [0, 0.05) is 35.4 Å². The second kappa shape index (κ2) is 6.67. The van der Waals surface area contributed by atoms with Crippen LogP contribution >= 0.6 is 11.3 Å². The first-order valence-corrected chi connectivity index (χ1v) is 7.79. The van der Waals surface area contributed by atoms with Crippen molar-refractivity contribution in [3.8, 4) is 5.75 Å². The lowest BCUT2D eigenvalue weighted by atomic mass is 10.1. The average Bonchev–Trinajstić information content (AvgIpc) is 2.90. The van der Waals surface area contributed by atoms with Crippen LogP contribution in [0.15, 0.2) is 40.0 Å². The number of benzene rings is 1. The zero-order chi connectivity index (χ0) is 15.4. The van der Waals surface area contributed by atoms with E-state index in [0.717, 1.165) is 5.69 Å². The van der Waals surface area contributed by atoms with E-state index in [1.54, 1.807) is 18.3 Å². The maximum absolute atomic E-state index is 10.1. The Balaban J connectivity index is 2.24. The van der Waals surface area contributed by atoms with Crippen LogP contribution in [0.5, 0.6) is 5.75 Å². The second-order valence-electron chi connectivity index (χ2n) is 5.28. The van der Waals surface area contributed by atoms with Crippen molar-refractivity contribution >= 4 is 27.8 Å². The lowest BCUT2D eigenvalue weighted by Crippen LogP contribution is -2.36. The molecule has 0 spiro atoms. The van der Waals surface area contributed by atoms with Gasteiger partial charge in [-0.05, 0) is 39.8 Å². The number of aromatic hydroxyl groups is 1. The Kier molecular flexibility index (Phi) is 4.90. The Bertz CT molecular complexity index is 600. The van der Waals surface area contributed by atoms with Crippen LogP contribution in [-0.4, -0.2) is 22.2 Å². The van der Waals surface area contributed by atoms with Gasteiger partial charge in [-0.15, -0.1) is 21.6 Å². The first kappa shape index (κ1) is 15.4. The normalized spacial score (nSPS) is 11.7. The highest BCUT2D eigenvalue weighted by molar-refractivity contribution is 7.13. The van der Waals surface area contributed by atoms with Crippen molar-refractivity contribution in [3.63, 3.8) is 0 Å². The molecule has 0 aliphatic carbocycles. The van der Waals surface area contributed by atoms with E-state index in [1.807, 2.05) is 11.4 Å². The molecule has 1 aromatic carbocycles. The van der Waals surface area contributed by atoms with E-state index in [2.05, 4.69) is 47.8 Å². The van der Waals surface area contributed by atoms with Crippen molar-refractivity contribution in [1.82, 2.24) is 4.98 Å². The molecule has 0 aliphatic heterocycles. The summed E-state index contributed by atoms with van der Waals surface area (Å²) < 4.78 is 0. The van der Waals surface area contributed by atoms with Crippen molar-refractivity contribution in [3.05, 3.63) is 29.8 Å². The fourth-order valence-electron chi connectivity index (χ4n) is 2.31. The van der Waals surface area contributed by atoms with Crippen LogP contribution in [-0.2, 0) is 0 Å². The second-order valence-corrected chi connectivity index (χ2v) is 6.16. The fraction of sp³-hybridized carbons (Fsp3) is 0.400. The molecule has 112 valence electrons. The molecule has 21 heavy (non-hydrogen) atoms. The number of phenolic OH excluding ortho intramolecular Hbond substituents is 1. The molecule has 0 unspecified atom stereocenters. The fourth-order valence-corrected chi connectivity index (χ4v) is 2.76. The van der Waals surface area contributed by atoms with Gasteiger partial charge in [-0.3, -0.25) is 0 Å². The number of nitrogens with zero attached hydrogens (tertiary/aromatic N) is 4. The number of aromatic nitrogens is 1. The third kappa shape index (κ3) is 3.78. The number of anilines is 1. The van der Waals surface area contributed by atoms with Crippen molar-refractivity contribution in [2.45, 2.75) is 39.8 Å². The Morgan fingerprint density at radius 2 is 1.86 bits per heavy atom. The van der Waals surface area contributed by atoms with Gasteiger partial charge in [0.1, 0.15) is 11.4 Å². The molecule has 2 rings (SSSR count). The molecule has 5 nitrogen and oxygen atoms in total. The Hall–Kier alpha value is -1.95. The molecule has 0 atom stereocenters. The third-order valence-corrected chi connectivity index (χ3v) is 3.69. The summed E-state index contributed by atoms with van der Waals surface area (Å²) in [6, 6.07) is 6.17. The van der Waals surface area contributed by atoms with E-state index < -0.39 is 0 Å². The molecule has 2 aromatic rings. The Morgan fingerprint density at radius 3 is 2.38 bits per heavy atom. The van der Waals surface area contributed by atoms with Crippen molar-refractivity contribution in [2.24, 2.45) is 10.2 Å². The maximum Gasteiger partial charge on any atom is 0.229 e. The third-order valence-electron chi connectivity index (χ3n) is 3.03. The molecule has 0 bridgehead atoms. The molecule has 6 heteroatoms. The molecular formula is C15H20N4OS. The highest BCUT2D eigenvalue weighted by Crippen LogP contribution is 2.33. The van der Waals surface area contributed by atoms with Crippen LogP contribution in [0.4, 0.5) is 16.5 Å². The van der Waals surface area contributed by atoms with Gasteiger partial charge in [-0.25, -0.2) is 4.98 Å². The van der Waals surface area contributed by atoms with Crippen molar-refractivity contribution < 1.29 is 5.11 Å². The number of azo groups is 1. The van der Waals surface area contributed by atoms with Gasteiger partial charge in [-0.1, -0.05) is 0 Å². The van der Waals surface area contributed by atoms with E-state index in [-0.39, 0.29) is 5.75 Å². The van der Waals surface area contributed by atoms with Crippen LogP contribution in [0.1, 0.15) is 27.7 Å². The molecule has 0 saturated heterocycles. The van der Waals surface area contributed by atoms with Gasteiger partial charge >= 0.3 is 0 Å². The summed E-state index contributed by atoms with van der Waals surface area (Å²) >= 11 is 1.40. The molecule has 0 fully saturated rings. The average molecular weight is 304 g/mol. The predicted molar refractivity (Wildman–Crippen MR) is 87.1 cm³/mol. The van der Waals surface area contributed by atoms with Gasteiger partial charge in [-0.2, -0.15) is 0 Å². The lowest BCUT2D eigenvalue weighted by Gasteiger charge is -2.33. The van der Waals surface area contributed by atoms with Gasteiger partial charge in [0.25, 0.3) is 0 Å². The van der Waals surface area contributed by atoms with Crippen LogP contribution in [0, 0.1) is 0 Å². The van der Waals surface area contributed by atoms with Crippen LogP contribution in [0.2, 0.25) is 0 Å². The minimum atomic E-state index is 0.124. The summed E-state index contributed by atoms with van der Waals surface area (Å²) in [5, 5.41) is 20.6. The van der Waals surface area contributed by atoms with E-state index in [1.165, 1.54) is 11.3 Å². The summed E-state index contributed by atoms with van der Waals surface area (Å²) in [5.74, 6) is 0.124. The zero-order valence-corrected chi connectivity index (χ0v) is 13.5. The first-order valence-electron chi connectivity index (χ1n) is 6.91. The number of thiazole rings is 1. The maximum atomic E-state index is 10.1. The topological polar surface area (TPSA) is 61.1 Å². The molecule has 0 aliphatic rings. The molecule has 1 aromatic heterocycles. The number of phenols is 1. The van der Waals surface area contributed by atoms with Gasteiger partial charge in [0.05, 0.1) is 0 Å². The lowest BCUT2D eigenvalue weighted by molar-refractivity contribution is 0.475. The van der Waals surface area contributed by atoms with Gasteiger partial charge < -0.3 is 10.0 Å². The molecule has 0 radical (unpaired) electrons. The summed E-state index contributed by atoms with van der Waals surface area (Å²) in [7, 11) is 0. The summed E-state index contributed by atoms with van der Waals surface area (Å²) in [5.41, 5.74) is 1.42. The summed E-state index contributed by atoms with van der Waals surface area (Å²) in [6.45, 7) is 8.53. The molecule has 1 heterocycles. The van der Waals surface area contributed by atoms with Crippen LogP contribution in [0.3, 0.4) is 0 Å². The Morgan fingerprint density at radius 1 is 1.14 bits per heavy atom. The van der Waals surface area contributed by atoms with E-state index in [4.69, 9.17) is 0 Å². The smallest absolute Gasteiger partial charge is 0.229 e. The minimum absolute atomic E-state index is 0.124. The quantitative estimate of drug-likeness (QED) is 0.800. The minimum Gasteiger partial charge on any atom is -0.506 e. The largest absolute Gasteiger partial charge is 0.506 e. The van der Waals surface area contributed by atoms with Crippen molar-refractivity contribution in [2.75, 3.05) is 4.90 Å². The number of hydrogen-bond donors (Lipinski definition) is 1. The Labute approximate surface area is 129 Å². The summed E-state index contributed by atoms with van der Waals surface area (Å²) in [6.07, 6.45) is 1.67. The van der Waals surface area contributed by atoms with E-state index in [9.17, 15) is 5.11 Å². The molecule has 1 N–H and O–H groups in total. The summed E-state index contributed by atoms with van der Waals surface area (Å²) in [4.78, 5) is 6.26. The molecule has 0 amide bonds. The first-order chi connectivity index (χ1) is 9.99. The predicted octanol–water partition coefficient (Wildman–Crippen LogP) is 4.89. The van der Waals surface area contributed by atoms with Crippen molar-refractivity contribution in [1.29, 1.82) is 0 Å². The van der Waals surface area contributed by atoms with Crippen LogP contribution in [0.25, 0.3) is 0 Å². The van der Waals surface area contributed by atoms with E-state index >= 15 is 0 Å². The highest BCUT2D eigenvalue weighted by Gasteiger charge is 2.15. The molecular weight excluding hydrogens is 284 g/mol. The number of rotatable bonds is 5. The molecule has 0 saturated carbocycles. The standard InChI is InChI=1S/C15H20N4OS/c1-10(2)19(11(3)4)12-5-6-13(14(20)9-12)17-18-15-16-7-8-21-15/h5-11,20H,1-4H3/b18-17+.